The summed E-state index contributed by atoms with van der Waals surface area (Å²) < 4.78 is 0. The molecule has 0 saturated heterocycles. The highest BCUT2D eigenvalue weighted by molar-refractivity contribution is 6.30. The van der Waals surface area contributed by atoms with Crippen molar-refractivity contribution in [2.45, 2.75) is 26.0 Å². The van der Waals surface area contributed by atoms with Crippen LogP contribution in [0.3, 0.4) is 0 Å². The molecule has 3 rings (SSSR count). The van der Waals surface area contributed by atoms with Gasteiger partial charge in [0.2, 0.25) is 0 Å². The summed E-state index contributed by atoms with van der Waals surface area (Å²) >= 11 is 12.1. The van der Waals surface area contributed by atoms with Crippen LogP contribution in [-0.2, 0) is 0 Å². The Kier molecular flexibility index (Phi) is 7.43. The highest BCUT2D eigenvalue weighted by Crippen LogP contribution is 2.33. The fourth-order valence-electron chi connectivity index (χ4n) is 3.40. The normalized spacial score (nSPS) is 13.0. The smallest absolute Gasteiger partial charge is 0.103 e. The maximum absolute atomic E-state index is 11.1. The average molecular weight is 429 g/mol. The molecule has 0 radical (unpaired) electrons. The van der Waals surface area contributed by atoms with Crippen molar-refractivity contribution in [1.82, 2.24) is 0 Å². The molecule has 29 heavy (non-hydrogen) atoms. The van der Waals surface area contributed by atoms with Gasteiger partial charge in [0.05, 0.1) is 6.04 Å². The van der Waals surface area contributed by atoms with Crippen molar-refractivity contribution < 1.29 is 5.11 Å². The number of nitrogens with one attached hydrogen (secondary N) is 1. The monoisotopic (exact) mass is 428 g/mol. The van der Waals surface area contributed by atoms with Crippen LogP contribution >= 0.6 is 23.2 Å². The number of halogens is 2. The third-order valence-electron chi connectivity index (χ3n) is 5.07. The zero-order valence-corrected chi connectivity index (χ0v) is 18.2. The van der Waals surface area contributed by atoms with E-state index in [1.165, 1.54) is 5.69 Å². The predicted octanol–water partition coefficient (Wildman–Crippen LogP) is 6.73. The summed E-state index contributed by atoms with van der Waals surface area (Å²) in [5.41, 5.74) is 3.86. The van der Waals surface area contributed by atoms with E-state index in [2.05, 4.69) is 36.2 Å². The van der Waals surface area contributed by atoms with Crippen LogP contribution in [0.25, 0.3) is 0 Å². The van der Waals surface area contributed by atoms with Gasteiger partial charge in [0.15, 0.2) is 0 Å². The first-order valence-electron chi connectivity index (χ1n) is 9.82. The van der Waals surface area contributed by atoms with Gasteiger partial charge in [-0.15, -0.1) is 0 Å². The molecule has 0 amide bonds. The van der Waals surface area contributed by atoms with Crippen molar-refractivity contribution >= 4 is 34.6 Å². The first-order chi connectivity index (χ1) is 14.0. The van der Waals surface area contributed by atoms with Crippen LogP contribution in [0.1, 0.15) is 37.1 Å². The van der Waals surface area contributed by atoms with Gasteiger partial charge in [-0.3, -0.25) is 0 Å². The molecule has 2 atom stereocenters. The Hall–Kier alpha value is -2.20. The summed E-state index contributed by atoms with van der Waals surface area (Å²) in [6.07, 6.45) is -0.754. The lowest BCUT2D eigenvalue weighted by atomic mass is 9.95. The minimum atomic E-state index is -0.754. The minimum absolute atomic E-state index is 0.340. The summed E-state index contributed by atoms with van der Waals surface area (Å²) in [6.45, 7) is 6.22. The second-order valence-corrected chi connectivity index (χ2v) is 7.76. The largest absolute Gasteiger partial charge is 0.386 e. The second kappa shape index (κ2) is 10.0. The minimum Gasteiger partial charge on any atom is -0.386 e. The standard InChI is InChI=1S/C24H26Cl2N2O/c1-3-28(4-2)22-15-13-21(14-16-22)27-23(17-5-9-19(25)10-6-17)24(29)18-7-11-20(26)12-8-18/h5-16,23-24,27,29H,3-4H2,1-2H3/t23-,24-/m0/s1. The number of hydrogen-bond acceptors (Lipinski definition) is 3. The fourth-order valence-corrected chi connectivity index (χ4v) is 3.66. The lowest BCUT2D eigenvalue weighted by Crippen LogP contribution is -2.22. The molecule has 0 unspecified atom stereocenters. The van der Waals surface area contributed by atoms with Gasteiger partial charge in [-0.2, -0.15) is 0 Å². The molecule has 0 aliphatic rings. The van der Waals surface area contributed by atoms with Crippen LogP contribution in [-0.4, -0.2) is 18.2 Å². The number of aliphatic hydroxyl groups excluding tert-OH is 1. The molecule has 0 spiro atoms. The number of rotatable bonds is 8. The Labute approximate surface area is 182 Å². The Morgan fingerprint density at radius 2 is 1.24 bits per heavy atom. The van der Waals surface area contributed by atoms with Gasteiger partial charge in [0, 0.05) is 34.5 Å². The highest BCUT2D eigenvalue weighted by Gasteiger charge is 2.23. The molecule has 0 bridgehead atoms. The van der Waals surface area contributed by atoms with Crippen LogP contribution < -0.4 is 10.2 Å². The molecule has 152 valence electrons. The quantitative estimate of drug-likeness (QED) is 0.417. The second-order valence-electron chi connectivity index (χ2n) is 6.89. The van der Waals surface area contributed by atoms with Crippen molar-refractivity contribution in [3.05, 3.63) is 94.0 Å². The van der Waals surface area contributed by atoms with Crippen molar-refractivity contribution in [3.8, 4) is 0 Å². The molecule has 3 aromatic carbocycles. The molecule has 5 heteroatoms. The molecule has 0 fully saturated rings. The van der Waals surface area contributed by atoms with Crippen molar-refractivity contribution in [3.63, 3.8) is 0 Å². The van der Waals surface area contributed by atoms with Gasteiger partial charge in [-0.1, -0.05) is 47.5 Å². The number of benzene rings is 3. The van der Waals surface area contributed by atoms with E-state index < -0.39 is 6.10 Å². The molecule has 3 aromatic rings. The van der Waals surface area contributed by atoms with E-state index in [1.807, 2.05) is 48.5 Å². The first-order valence-corrected chi connectivity index (χ1v) is 10.6. The number of hydrogen-bond donors (Lipinski definition) is 2. The average Bonchev–Trinajstić information content (AvgIpc) is 2.75. The maximum Gasteiger partial charge on any atom is 0.103 e. The highest BCUT2D eigenvalue weighted by atomic mass is 35.5. The summed E-state index contributed by atoms with van der Waals surface area (Å²) in [5, 5.41) is 15.9. The van der Waals surface area contributed by atoms with E-state index in [1.54, 1.807) is 12.1 Å². The first kappa shape index (κ1) is 21.5. The molecular formula is C24H26Cl2N2O. The molecule has 0 aliphatic carbocycles. The summed E-state index contributed by atoms with van der Waals surface area (Å²) in [4.78, 5) is 2.29. The van der Waals surface area contributed by atoms with Gasteiger partial charge in [-0.05, 0) is 73.5 Å². The third-order valence-corrected chi connectivity index (χ3v) is 5.58. The van der Waals surface area contributed by atoms with E-state index in [0.717, 1.165) is 29.9 Å². The van der Waals surface area contributed by atoms with Crippen LogP contribution in [0.4, 0.5) is 11.4 Å². The zero-order chi connectivity index (χ0) is 20.8. The molecular weight excluding hydrogens is 403 g/mol. The Balaban J connectivity index is 1.88. The molecule has 0 aliphatic heterocycles. The van der Waals surface area contributed by atoms with E-state index in [4.69, 9.17) is 23.2 Å². The van der Waals surface area contributed by atoms with Crippen molar-refractivity contribution in [1.29, 1.82) is 0 Å². The Bertz CT molecular complexity index is 892. The van der Waals surface area contributed by atoms with E-state index >= 15 is 0 Å². The number of aliphatic hydroxyl groups is 1. The van der Waals surface area contributed by atoms with Crippen LogP contribution in [0, 0.1) is 0 Å². The van der Waals surface area contributed by atoms with E-state index in [-0.39, 0.29) is 6.04 Å². The molecule has 2 N–H and O–H groups in total. The van der Waals surface area contributed by atoms with Crippen molar-refractivity contribution in [2.75, 3.05) is 23.3 Å². The summed E-state index contributed by atoms with van der Waals surface area (Å²) in [6, 6.07) is 22.8. The predicted molar refractivity (Wildman–Crippen MR) is 124 cm³/mol. The van der Waals surface area contributed by atoms with E-state index in [9.17, 15) is 5.11 Å². The van der Waals surface area contributed by atoms with Gasteiger partial charge in [-0.25, -0.2) is 0 Å². The molecule has 0 aromatic heterocycles. The van der Waals surface area contributed by atoms with Crippen LogP contribution in [0.5, 0.6) is 0 Å². The lowest BCUT2D eigenvalue weighted by molar-refractivity contribution is 0.155. The fraction of sp³-hybridized carbons (Fsp3) is 0.250. The topological polar surface area (TPSA) is 35.5 Å². The third kappa shape index (κ3) is 5.45. The van der Waals surface area contributed by atoms with Gasteiger partial charge >= 0.3 is 0 Å². The maximum atomic E-state index is 11.1. The molecule has 0 saturated carbocycles. The van der Waals surface area contributed by atoms with Gasteiger partial charge in [0.25, 0.3) is 0 Å². The molecule has 3 nitrogen and oxygen atoms in total. The van der Waals surface area contributed by atoms with Gasteiger partial charge < -0.3 is 15.3 Å². The number of anilines is 2. The Morgan fingerprint density at radius 1 is 0.759 bits per heavy atom. The number of nitrogens with zero attached hydrogens (tertiary/aromatic N) is 1. The van der Waals surface area contributed by atoms with Crippen LogP contribution in [0.2, 0.25) is 10.0 Å². The van der Waals surface area contributed by atoms with Crippen molar-refractivity contribution in [2.24, 2.45) is 0 Å². The summed E-state index contributed by atoms with van der Waals surface area (Å²) in [5.74, 6) is 0. The SMILES string of the molecule is CCN(CC)c1ccc(N[C@@H](c2ccc(Cl)cc2)[C@@H](O)c2ccc(Cl)cc2)cc1. The van der Waals surface area contributed by atoms with Crippen LogP contribution in [0.15, 0.2) is 72.8 Å². The molecule has 0 heterocycles. The van der Waals surface area contributed by atoms with Gasteiger partial charge in [0.1, 0.15) is 6.10 Å². The summed E-state index contributed by atoms with van der Waals surface area (Å²) in [7, 11) is 0. The zero-order valence-electron chi connectivity index (χ0n) is 16.6. The van der Waals surface area contributed by atoms with E-state index in [0.29, 0.717) is 10.0 Å². The lowest BCUT2D eigenvalue weighted by Gasteiger charge is -2.27. The Morgan fingerprint density at radius 3 is 1.72 bits per heavy atom.